The molecule has 3 nitrogen and oxygen atoms in total. The first kappa shape index (κ1) is 8.87. The van der Waals surface area contributed by atoms with Crippen LogP contribution in [0.15, 0.2) is 0 Å². The third-order valence-corrected chi connectivity index (χ3v) is 2.84. The first-order chi connectivity index (χ1) is 5.25. The molecule has 0 aromatic rings. The second-order valence-corrected chi connectivity index (χ2v) is 3.75. The van der Waals surface area contributed by atoms with Gasteiger partial charge in [0.2, 0.25) is 5.91 Å². The number of rotatable bonds is 2. The standard InChI is InChI=1S/C7H14N2OS/c1-6(11-2)9-4-3-8-5-7(9)10/h6,8H,3-5H2,1-2H3. The van der Waals surface area contributed by atoms with Crippen LogP contribution in [-0.4, -0.2) is 42.1 Å². The lowest BCUT2D eigenvalue weighted by atomic mass is 10.3. The van der Waals surface area contributed by atoms with Crippen molar-refractivity contribution in [2.75, 3.05) is 25.9 Å². The Balaban J connectivity index is 2.47. The van der Waals surface area contributed by atoms with E-state index < -0.39 is 0 Å². The molecule has 1 aliphatic heterocycles. The Labute approximate surface area is 71.5 Å². The van der Waals surface area contributed by atoms with Crippen LogP contribution in [0.1, 0.15) is 6.92 Å². The number of thioether (sulfide) groups is 1. The molecule has 1 atom stereocenters. The van der Waals surface area contributed by atoms with Crippen LogP contribution in [0.5, 0.6) is 0 Å². The average molecular weight is 174 g/mol. The predicted molar refractivity (Wildman–Crippen MR) is 47.6 cm³/mol. The van der Waals surface area contributed by atoms with E-state index in [-0.39, 0.29) is 5.91 Å². The highest BCUT2D eigenvalue weighted by Gasteiger charge is 2.21. The summed E-state index contributed by atoms with van der Waals surface area (Å²) in [5, 5.41) is 3.37. The fraction of sp³-hybridized carbons (Fsp3) is 0.857. The summed E-state index contributed by atoms with van der Waals surface area (Å²) in [7, 11) is 0. The minimum Gasteiger partial charge on any atom is -0.329 e. The highest BCUT2D eigenvalue weighted by Crippen LogP contribution is 2.12. The molecule has 1 amide bonds. The van der Waals surface area contributed by atoms with E-state index in [0.717, 1.165) is 13.1 Å². The van der Waals surface area contributed by atoms with E-state index in [0.29, 0.717) is 11.9 Å². The fourth-order valence-corrected chi connectivity index (χ4v) is 1.61. The lowest BCUT2D eigenvalue weighted by Gasteiger charge is -2.31. The molecule has 0 spiro atoms. The third-order valence-electron chi connectivity index (χ3n) is 1.91. The summed E-state index contributed by atoms with van der Waals surface area (Å²) in [6.07, 6.45) is 2.03. The molecule has 1 fully saturated rings. The topological polar surface area (TPSA) is 32.3 Å². The monoisotopic (exact) mass is 174 g/mol. The molecule has 1 aliphatic rings. The Kier molecular flexibility index (Phi) is 3.20. The molecular weight excluding hydrogens is 160 g/mol. The maximum absolute atomic E-state index is 11.2. The van der Waals surface area contributed by atoms with Crippen LogP contribution >= 0.6 is 11.8 Å². The summed E-state index contributed by atoms with van der Waals surface area (Å²) in [5.41, 5.74) is 0. The van der Waals surface area contributed by atoms with Crippen LogP contribution in [0.3, 0.4) is 0 Å². The van der Waals surface area contributed by atoms with Crippen molar-refractivity contribution in [1.82, 2.24) is 10.2 Å². The number of nitrogens with one attached hydrogen (secondary N) is 1. The molecule has 0 bridgehead atoms. The number of carbonyl (C=O) groups excluding carboxylic acids is 1. The maximum Gasteiger partial charge on any atom is 0.237 e. The van der Waals surface area contributed by atoms with Gasteiger partial charge in [-0.1, -0.05) is 0 Å². The number of nitrogens with zero attached hydrogens (tertiary/aromatic N) is 1. The van der Waals surface area contributed by atoms with Crippen LogP contribution in [0.25, 0.3) is 0 Å². The minimum absolute atomic E-state index is 0.220. The number of amides is 1. The zero-order chi connectivity index (χ0) is 8.27. The molecule has 0 aliphatic carbocycles. The van der Waals surface area contributed by atoms with Gasteiger partial charge in [0.05, 0.1) is 11.9 Å². The van der Waals surface area contributed by atoms with Crippen molar-refractivity contribution < 1.29 is 4.79 Å². The summed E-state index contributed by atoms with van der Waals surface area (Å²) in [6, 6.07) is 0. The molecule has 0 saturated carbocycles. The lowest BCUT2D eigenvalue weighted by Crippen LogP contribution is -2.50. The van der Waals surface area contributed by atoms with Crippen LogP contribution < -0.4 is 5.32 Å². The van der Waals surface area contributed by atoms with Crippen molar-refractivity contribution >= 4 is 17.7 Å². The van der Waals surface area contributed by atoms with Gasteiger partial charge in [0.25, 0.3) is 0 Å². The molecule has 0 aromatic carbocycles. The molecule has 0 radical (unpaired) electrons. The second kappa shape index (κ2) is 3.97. The third kappa shape index (κ3) is 2.10. The predicted octanol–water partition coefficient (Wildman–Crippen LogP) is 0.127. The lowest BCUT2D eigenvalue weighted by molar-refractivity contribution is -0.132. The maximum atomic E-state index is 11.2. The number of piperazine rings is 1. The molecule has 1 saturated heterocycles. The van der Waals surface area contributed by atoms with Gasteiger partial charge in [0, 0.05) is 13.1 Å². The van der Waals surface area contributed by atoms with Crippen molar-refractivity contribution in [2.45, 2.75) is 12.3 Å². The fourth-order valence-electron chi connectivity index (χ4n) is 1.13. The minimum atomic E-state index is 0.220. The van der Waals surface area contributed by atoms with Crippen molar-refractivity contribution in [2.24, 2.45) is 0 Å². The van der Waals surface area contributed by atoms with Gasteiger partial charge in [0.15, 0.2) is 0 Å². The van der Waals surface area contributed by atoms with E-state index in [1.807, 2.05) is 11.2 Å². The second-order valence-electron chi connectivity index (χ2n) is 2.60. The van der Waals surface area contributed by atoms with E-state index >= 15 is 0 Å². The molecule has 0 aromatic heterocycles. The molecule has 4 heteroatoms. The van der Waals surface area contributed by atoms with E-state index in [1.165, 1.54) is 0 Å². The van der Waals surface area contributed by atoms with Gasteiger partial charge in [-0.2, -0.15) is 0 Å². The van der Waals surface area contributed by atoms with E-state index in [2.05, 4.69) is 12.2 Å². The Morgan fingerprint density at radius 2 is 2.45 bits per heavy atom. The molecule has 1 heterocycles. The van der Waals surface area contributed by atoms with Crippen LogP contribution in [-0.2, 0) is 4.79 Å². The van der Waals surface area contributed by atoms with Gasteiger partial charge in [-0.05, 0) is 13.2 Å². The van der Waals surface area contributed by atoms with Gasteiger partial charge in [0.1, 0.15) is 0 Å². The molecular formula is C7H14N2OS. The largest absolute Gasteiger partial charge is 0.329 e. The summed E-state index contributed by atoms with van der Waals surface area (Å²) in [6.45, 7) is 4.34. The first-order valence-corrected chi connectivity index (χ1v) is 5.07. The molecule has 64 valence electrons. The van der Waals surface area contributed by atoms with Gasteiger partial charge < -0.3 is 10.2 Å². The van der Waals surface area contributed by atoms with Crippen LogP contribution in [0.4, 0.5) is 0 Å². The highest BCUT2D eigenvalue weighted by molar-refractivity contribution is 7.99. The zero-order valence-electron chi connectivity index (χ0n) is 6.96. The number of hydrogen-bond acceptors (Lipinski definition) is 3. The van der Waals surface area contributed by atoms with Gasteiger partial charge >= 0.3 is 0 Å². The Morgan fingerprint density at radius 3 is 3.00 bits per heavy atom. The molecule has 1 N–H and O–H groups in total. The molecule has 1 rings (SSSR count). The number of carbonyl (C=O) groups is 1. The summed E-state index contributed by atoms with van der Waals surface area (Å²) >= 11 is 1.71. The van der Waals surface area contributed by atoms with Crippen molar-refractivity contribution in [1.29, 1.82) is 0 Å². The van der Waals surface area contributed by atoms with Gasteiger partial charge in [-0.25, -0.2) is 0 Å². The van der Waals surface area contributed by atoms with E-state index in [1.54, 1.807) is 11.8 Å². The van der Waals surface area contributed by atoms with Crippen molar-refractivity contribution in [3.63, 3.8) is 0 Å². The summed E-state index contributed by atoms with van der Waals surface area (Å²) in [5.74, 6) is 0.220. The summed E-state index contributed by atoms with van der Waals surface area (Å²) in [4.78, 5) is 13.2. The zero-order valence-corrected chi connectivity index (χ0v) is 7.78. The summed E-state index contributed by atoms with van der Waals surface area (Å²) < 4.78 is 0. The quantitative estimate of drug-likeness (QED) is 0.645. The van der Waals surface area contributed by atoms with E-state index in [4.69, 9.17) is 0 Å². The Hall–Kier alpha value is -0.220. The van der Waals surface area contributed by atoms with Crippen molar-refractivity contribution in [3.8, 4) is 0 Å². The van der Waals surface area contributed by atoms with E-state index in [9.17, 15) is 4.79 Å². The van der Waals surface area contributed by atoms with Crippen LogP contribution in [0, 0.1) is 0 Å². The van der Waals surface area contributed by atoms with Gasteiger partial charge in [-0.3, -0.25) is 4.79 Å². The SMILES string of the molecule is CSC(C)N1CCNCC1=O. The van der Waals surface area contributed by atoms with Gasteiger partial charge in [-0.15, -0.1) is 11.8 Å². The Morgan fingerprint density at radius 1 is 1.73 bits per heavy atom. The smallest absolute Gasteiger partial charge is 0.237 e. The number of hydrogen-bond donors (Lipinski definition) is 1. The Bertz CT molecular complexity index is 151. The van der Waals surface area contributed by atoms with Crippen LogP contribution in [0.2, 0.25) is 0 Å². The van der Waals surface area contributed by atoms with Crippen molar-refractivity contribution in [3.05, 3.63) is 0 Å². The molecule has 11 heavy (non-hydrogen) atoms. The normalized spacial score (nSPS) is 22.0. The first-order valence-electron chi connectivity index (χ1n) is 3.78. The molecule has 1 unspecified atom stereocenters. The highest BCUT2D eigenvalue weighted by atomic mass is 32.2. The average Bonchev–Trinajstić information content (AvgIpc) is 2.04.